The third-order valence-electron chi connectivity index (χ3n) is 2.19. The van der Waals surface area contributed by atoms with Crippen LogP contribution in [-0.2, 0) is 11.3 Å². The van der Waals surface area contributed by atoms with Gasteiger partial charge in [-0.15, -0.1) is 0 Å². The van der Waals surface area contributed by atoms with Crippen LogP contribution in [-0.4, -0.2) is 17.5 Å². The first-order valence-corrected chi connectivity index (χ1v) is 5.41. The Labute approximate surface area is 96.1 Å². The molecule has 16 heavy (non-hydrogen) atoms. The van der Waals surface area contributed by atoms with Crippen LogP contribution in [0.25, 0.3) is 0 Å². The van der Waals surface area contributed by atoms with E-state index in [0.29, 0.717) is 30.3 Å². The van der Waals surface area contributed by atoms with Crippen molar-refractivity contribution in [1.29, 1.82) is 0 Å². The van der Waals surface area contributed by atoms with Crippen LogP contribution in [0.1, 0.15) is 36.7 Å². The van der Waals surface area contributed by atoms with Crippen LogP contribution < -0.4 is 0 Å². The van der Waals surface area contributed by atoms with E-state index in [9.17, 15) is 9.90 Å². The Bertz CT molecular complexity index is 369. The largest absolute Gasteiger partial charge is 0.508 e. The summed E-state index contributed by atoms with van der Waals surface area (Å²) in [6.07, 6.45) is 0. The maximum absolute atomic E-state index is 11.2. The van der Waals surface area contributed by atoms with Gasteiger partial charge in [-0.25, -0.2) is 0 Å². The molecule has 3 heteroatoms. The molecular weight excluding hydrogens is 204 g/mol. The molecule has 0 saturated heterocycles. The highest BCUT2D eigenvalue weighted by Gasteiger charge is 2.06. The second-order valence-corrected chi connectivity index (χ2v) is 4.31. The van der Waals surface area contributed by atoms with Gasteiger partial charge in [-0.1, -0.05) is 13.8 Å². The lowest BCUT2D eigenvalue weighted by molar-refractivity contribution is 0.0953. The van der Waals surface area contributed by atoms with Crippen molar-refractivity contribution < 1.29 is 14.6 Å². The number of hydrogen-bond donors (Lipinski definition) is 1. The third-order valence-corrected chi connectivity index (χ3v) is 2.19. The molecule has 0 saturated carbocycles. The number of carbonyl (C=O) groups excluding carboxylic acids is 1. The second kappa shape index (κ2) is 5.66. The lowest BCUT2D eigenvalue weighted by atomic mass is 10.1. The first-order chi connectivity index (χ1) is 7.50. The fraction of sp³-hybridized carbons (Fsp3) is 0.462. The van der Waals surface area contributed by atoms with E-state index >= 15 is 0 Å². The van der Waals surface area contributed by atoms with Gasteiger partial charge in [0, 0.05) is 17.7 Å². The predicted molar refractivity (Wildman–Crippen MR) is 62.6 cm³/mol. The van der Waals surface area contributed by atoms with Gasteiger partial charge in [-0.2, -0.15) is 0 Å². The molecule has 0 unspecified atom stereocenters. The van der Waals surface area contributed by atoms with E-state index in [1.807, 2.05) is 0 Å². The van der Waals surface area contributed by atoms with Crippen molar-refractivity contribution in [3.05, 3.63) is 29.3 Å². The molecule has 0 fully saturated rings. The molecule has 1 rings (SSSR count). The van der Waals surface area contributed by atoms with Crippen molar-refractivity contribution >= 4 is 5.78 Å². The summed E-state index contributed by atoms with van der Waals surface area (Å²) in [5, 5.41) is 9.59. The minimum Gasteiger partial charge on any atom is -0.508 e. The molecule has 0 aliphatic heterocycles. The molecule has 88 valence electrons. The summed E-state index contributed by atoms with van der Waals surface area (Å²) in [5.41, 5.74) is 1.26. The molecule has 0 spiro atoms. The van der Waals surface area contributed by atoms with Crippen molar-refractivity contribution in [2.75, 3.05) is 6.61 Å². The summed E-state index contributed by atoms with van der Waals surface area (Å²) >= 11 is 0. The van der Waals surface area contributed by atoms with Gasteiger partial charge in [0.25, 0.3) is 0 Å². The van der Waals surface area contributed by atoms with Crippen LogP contribution in [0.2, 0.25) is 0 Å². The van der Waals surface area contributed by atoms with Crippen LogP contribution in [0.4, 0.5) is 0 Å². The Morgan fingerprint density at radius 3 is 2.69 bits per heavy atom. The van der Waals surface area contributed by atoms with Gasteiger partial charge in [0.2, 0.25) is 0 Å². The topological polar surface area (TPSA) is 46.5 Å². The van der Waals surface area contributed by atoms with Gasteiger partial charge in [0.1, 0.15) is 5.75 Å². The number of hydrogen-bond acceptors (Lipinski definition) is 3. The summed E-state index contributed by atoms with van der Waals surface area (Å²) in [7, 11) is 0. The minimum atomic E-state index is -0.00916. The van der Waals surface area contributed by atoms with Crippen molar-refractivity contribution in [2.24, 2.45) is 5.92 Å². The molecule has 0 aromatic heterocycles. The number of ketones is 1. The number of benzene rings is 1. The zero-order valence-corrected chi connectivity index (χ0v) is 9.99. The fourth-order valence-corrected chi connectivity index (χ4v) is 1.32. The number of carbonyl (C=O) groups is 1. The van der Waals surface area contributed by atoms with E-state index in [-0.39, 0.29) is 11.5 Å². The van der Waals surface area contributed by atoms with Gasteiger partial charge >= 0.3 is 0 Å². The molecule has 1 aromatic rings. The highest BCUT2D eigenvalue weighted by atomic mass is 16.5. The lowest BCUT2D eigenvalue weighted by Crippen LogP contribution is -2.03. The molecule has 3 nitrogen and oxygen atoms in total. The van der Waals surface area contributed by atoms with Crippen molar-refractivity contribution in [1.82, 2.24) is 0 Å². The lowest BCUT2D eigenvalue weighted by Gasteiger charge is -2.09. The van der Waals surface area contributed by atoms with Crippen LogP contribution in [0.15, 0.2) is 18.2 Å². The van der Waals surface area contributed by atoms with Crippen LogP contribution in [0.5, 0.6) is 5.75 Å². The van der Waals surface area contributed by atoms with Gasteiger partial charge in [-0.3, -0.25) is 4.79 Å². The zero-order chi connectivity index (χ0) is 12.1. The Hall–Kier alpha value is -1.35. The van der Waals surface area contributed by atoms with Crippen LogP contribution >= 0.6 is 0 Å². The van der Waals surface area contributed by atoms with Crippen molar-refractivity contribution in [2.45, 2.75) is 27.4 Å². The predicted octanol–water partition coefficient (Wildman–Crippen LogP) is 2.77. The Kier molecular flexibility index (Phi) is 4.50. The molecule has 0 amide bonds. The summed E-state index contributed by atoms with van der Waals surface area (Å²) in [4.78, 5) is 11.2. The first kappa shape index (κ1) is 12.7. The molecule has 1 aromatic carbocycles. The molecule has 0 bridgehead atoms. The number of Topliss-reactive ketones (excluding diaryl/α,β-unsaturated/α-hetero) is 1. The zero-order valence-electron chi connectivity index (χ0n) is 9.99. The number of ether oxygens (including phenoxy) is 1. The highest BCUT2D eigenvalue weighted by Crippen LogP contribution is 2.20. The molecule has 0 radical (unpaired) electrons. The van der Waals surface area contributed by atoms with E-state index < -0.39 is 0 Å². The van der Waals surface area contributed by atoms with Gasteiger partial charge < -0.3 is 9.84 Å². The van der Waals surface area contributed by atoms with Crippen molar-refractivity contribution in [3.63, 3.8) is 0 Å². The number of aromatic hydroxyl groups is 1. The molecule has 0 atom stereocenters. The Morgan fingerprint density at radius 2 is 2.12 bits per heavy atom. The molecule has 0 heterocycles. The van der Waals surface area contributed by atoms with Gasteiger partial charge in [0.15, 0.2) is 5.78 Å². The molecule has 1 N–H and O–H groups in total. The summed E-state index contributed by atoms with van der Waals surface area (Å²) < 4.78 is 5.43. The second-order valence-electron chi connectivity index (χ2n) is 4.31. The number of rotatable bonds is 5. The normalized spacial score (nSPS) is 10.8. The first-order valence-electron chi connectivity index (χ1n) is 5.41. The van der Waals surface area contributed by atoms with E-state index in [0.717, 1.165) is 0 Å². The average Bonchev–Trinajstić information content (AvgIpc) is 2.20. The number of phenols is 1. The molecule has 0 aliphatic carbocycles. The molecular formula is C13H18O3. The summed E-state index contributed by atoms with van der Waals surface area (Å²) in [5.74, 6) is 0.622. The smallest absolute Gasteiger partial charge is 0.159 e. The highest BCUT2D eigenvalue weighted by molar-refractivity contribution is 5.94. The quantitative estimate of drug-likeness (QED) is 0.779. The van der Waals surface area contributed by atoms with E-state index in [1.54, 1.807) is 12.1 Å². The molecule has 0 aliphatic rings. The minimum absolute atomic E-state index is 0.00916. The summed E-state index contributed by atoms with van der Waals surface area (Å²) in [6, 6.07) is 4.83. The summed E-state index contributed by atoms with van der Waals surface area (Å²) in [6.45, 7) is 6.61. The van der Waals surface area contributed by atoms with Gasteiger partial charge in [0.05, 0.1) is 6.61 Å². The van der Waals surface area contributed by atoms with E-state index in [1.165, 1.54) is 13.0 Å². The van der Waals surface area contributed by atoms with Crippen LogP contribution in [0, 0.1) is 5.92 Å². The Morgan fingerprint density at radius 1 is 1.44 bits per heavy atom. The monoisotopic (exact) mass is 222 g/mol. The SMILES string of the molecule is CC(=O)c1ccc(O)c(COCC(C)C)c1. The number of phenolic OH excluding ortho intramolecular Hbond substituents is 1. The maximum Gasteiger partial charge on any atom is 0.159 e. The van der Waals surface area contributed by atoms with E-state index in [4.69, 9.17) is 4.74 Å². The maximum atomic E-state index is 11.2. The average molecular weight is 222 g/mol. The Balaban J connectivity index is 2.70. The van der Waals surface area contributed by atoms with Crippen molar-refractivity contribution in [3.8, 4) is 5.75 Å². The van der Waals surface area contributed by atoms with E-state index in [2.05, 4.69) is 13.8 Å². The van der Waals surface area contributed by atoms with Gasteiger partial charge in [-0.05, 0) is 31.0 Å². The third kappa shape index (κ3) is 3.66. The standard InChI is InChI=1S/C13H18O3/c1-9(2)7-16-8-12-6-11(10(3)14)4-5-13(12)15/h4-6,9,15H,7-8H2,1-3H3. The van der Waals surface area contributed by atoms with Crippen LogP contribution in [0.3, 0.4) is 0 Å². The fourth-order valence-electron chi connectivity index (χ4n) is 1.32.